The number of hydrogen-bond acceptors (Lipinski definition) is 5. The lowest BCUT2D eigenvalue weighted by Gasteiger charge is -2.34. The molecule has 1 heterocycles. The molecule has 1 unspecified atom stereocenters. The lowest BCUT2D eigenvalue weighted by atomic mass is 10.0. The molecule has 2 rings (SSSR count). The number of piperazine rings is 1. The highest BCUT2D eigenvalue weighted by Gasteiger charge is 2.23. The molecule has 1 N–H and O–H groups in total. The Bertz CT molecular complexity index is 531. The van der Waals surface area contributed by atoms with Gasteiger partial charge in [-0.1, -0.05) is 26.0 Å². The second-order valence-electron chi connectivity index (χ2n) is 6.68. The van der Waals surface area contributed by atoms with E-state index in [1.165, 1.54) is 5.56 Å². The Morgan fingerprint density at radius 2 is 1.77 bits per heavy atom. The zero-order valence-corrected chi connectivity index (χ0v) is 16.7. The smallest absolute Gasteiger partial charge is 0.409 e. The van der Waals surface area contributed by atoms with Crippen LogP contribution in [0.25, 0.3) is 0 Å². The first-order chi connectivity index (χ1) is 12.0. The maximum absolute atomic E-state index is 11.7. The monoisotopic (exact) mass is 386 g/mol. The number of aliphatic hydroxyl groups is 1. The summed E-state index contributed by atoms with van der Waals surface area (Å²) in [6, 6.07) is 8.00. The number of amides is 1. The Hall–Kier alpha value is -1.50. The highest BCUT2D eigenvalue weighted by atomic mass is 35.5. The van der Waals surface area contributed by atoms with E-state index in [1.54, 1.807) is 11.8 Å². The number of hydrogen-bond donors (Lipinski definition) is 1. The van der Waals surface area contributed by atoms with Gasteiger partial charge >= 0.3 is 6.09 Å². The molecule has 26 heavy (non-hydrogen) atoms. The van der Waals surface area contributed by atoms with E-state index in [-0.39, 0.29) is 25.1 Å². The van der Waals surface area contributed by atoms with Crippen LogP contribution in [0.4, 0.5) is 4.79 Å². The molecule has 0 saturated carbocycles. The molecule has 1 atom stereocenters. The molecule has 6 nitrogen and oxygen atoms in total. The number of ether oxygens (including phenoxy) is 2. The standard InChI is InChI=1S/C19H30N2O4.ClH/c1-4-24-19(23)21-11-9-20(10-12-21)13-17(22)14-25-18-7-5-16(6-8-18)15(2)3;/h5-8,15,17,22H,4,9-14H2,1-3H3;1H. The van der Waals surface area contributed by atoms with Gasteiger partial charge in [0.15, 0.2) is 0 Å². The van der Waals surface area contributed by atoms with Gasteiger partial charge in [0.25, 0.3) is 0 Å². The van der Waals surface area contributed by atoms with Gasteiger partial charge < -0.3 is 19.5 Å². The molecule has 7 heteroatoms. The Morgan fingerprint density at radius 3 is 2.31 bits per heavy atom. The summed E-state index contributed by atoms with van der Waals surface area (Å²) in [6.45, 7) is 10.0. The van der Waals surface area contributed by atoms with Crippen LogP contribution >= 0.6 is 12.4 Å². The topological polar surface area (TPSA) is 62.2 Å². The molecule has 1 saturated heterocycles. The summed E-state index contributed by atoms with van der Waals surface area (Å²) in [5, 5.41) is 10.2. The third kappa shape index (κ3) is 7.02. The first-order valence-corrected chi connectivity index (χ1v) is 9.04. The molecule has 0 bridgehead atoms. The van der Waals surface area contributed by atoms with Gasteiger partial charge in [0.2, 0.25) is 0 Å². The Labute approximate surface area is 162 Å². The first kappa shape index (κ1) is 22.5. The lowest BCUT2D eigenvalue weighted by Crippen LogP contribution is -2.51. The van der Waals surface area contributed by atoms with Crippen molar-refractivity contribution in [3.63, 3.8) is 0 Å². The van der Waals surface area contributed by atoms with E-state index in [0.717, 1.165) is 18.8 Å². The fourth-order valence-electron chi connectivity index (χ4n) is 2.82. The molecule has 0 aliphatic carbocycles. The van der Waals surface area contributed by atoms with Crippen LogP contribution in [0.3, 0.4) is 0 Å². The number of carbonyl (C=O) groups is 1. The van der Waals surface area contributed by atoms with E-state index in [4.69, 9.17) is 9.47 Å². The number of carbonyl (C=O) groups excluding carboxylic acids is 1. The second kappa shape index (κ2) is 11.3. The predicted octanol–water partition coefficient (Wildman–Crippen LogP) is 2.75. The summed E-state index contributed by atoms with van der Waals surface area (Å²) in [5.41, 5.74) is 1.27. The van der Waals surface area contributed by atoms with Crippen molar-refractivity contribution in [1.82, 2.24) is 9.80 Å². The normalized spacial score (nSPS) is 16.1. The van der Waals surface area contributed by atoms with Gasteiger partial charge in [-0.15, -0.1) is 12.4 Å². The molecule has 0 spiro atoms. The summed E-state index contributed by atoms with van der Waals surface area (Å²) in [6.07, 6.45) is -0.810. The highest BCUT2D eigenvalue weighted by Crippen LogP contribution is 2.18. The van der Waals surface area contributed by atoms with Crippen LogP contribution in [0.5, 0.6) is 5.75 Å². The summed E-state index contributed by atoms with van der Waals surface area (Å²) in [7, 11) is 0. The molecule has 1 aliphatic heterocycles. The number of halogens is 1. The van der Waals surface area contributed by atoms with Gasteiger partial charge in [0, 0.05) is 32.7 Å². The maximum atomic E-state index is 11.7. The van der Waals surface area contributed by atoms with Crippen LogP contribution in [-0.2, 0) is 4.74 Å². The summed E-state index contributed by atoms with van der Waals surface area (Å²) in [5.74, 6) is 1.27. The van der Waals surface area contributed by atoms with E-state index in [9.17, 15) is 9.90 Å². The number of rotatable bonds is 7. The van der Waals surface area contributed by atoms with Crippen molar-refractivity contribution in [2.45, 2.75) is 32.8 Å². The van der Waals surface area contributed by atoms with Crippen molar-refractivity contribution < 1.29 is 19.4 Å². The third-order valence-corrected chi connectivity index (χ3v) is 4.36. The van der Waals surface area contributed by atoms with Crippen LogP contribution in [0.2, 0.25) is 0 Å². The van der Waals surface area contributed by atoms with Crippen LogP contribution in [-0.4, -0.2) is 73.0 Å². The van der Waals surface area contributed by atoms with Gasteiger partial charge in [-0.05, 0) is 30.5 Å². The van der Waals surface area contributed by atoms with Crippen LogP contribution in [0.1, 0.15) is 32.3 Å². The van der Waals surface area contributed by atoms with E-state index >= 15 is 0 Å². The fraction of sp³-hybridized carbons (Fsp3) is 0.632. The van der Waals surface area contributed by atoms with Crippen LogP contribution in [0, 0.1) is 0 Å². The van der Waals surface area contributed by atoms with Crippen molar-refractivity contribution >= 4 is 18.5 Å². The molecule has 1 aromatic carbocycles. The van der Waals surface area contributed by atoms with Crippen LogP contribution < -0.4 is 4.74 Å². The summed E-state index contributed by atoms with van der Waals surface area (Å²) >= 11 is 0. The molecule has 1 fully saturated rings. The number of aliphatic hydroxyl groups excluding tert-OH is 1. The number of nitrogens with zero attached hydrogens (tertiary/aromatic N) is 2. The summed E-state index contributed by atoms with van der Waals surface area (Å²) in [4.78, 5) is 15.5. The van der Waals surface area contributed by atoms with Crippen molar-refractivity contribution in [2.75, 3.05) is 45.9 Å². The van der Waals surface area contributed by atoms with Gasteiger partial charge in [0.1, 0.15) is 18.5 Å². The SMILES string of the molecule is CCOC(=O)N1CCN(CC(O)COc2ccc(C(C)C)cc2)CC1.Cl. The fourth-order valence-corrected chi connectivity index (χ4v) is 2.82. The average molecular weight is 387 g/mol. The van der Waals surface area contributed by atoms with E-state index in [2.05, 4.69) is 30.9 Å². The zero-order valence-electron chi connectivity index (χ0n) is 15.9. The van der Waals surface area contributed by atoms with E-state index in [1.807, 2.05) is 12.1 Å². The quantitative estimate of drug-likeness (QED) is 0.780. The minimum Gasteiger partial charge on any atom is -0.491 e. The van der Waals surface area contributed by atoms with Gasteiger partial charge in [-0.2, -0.15) is 0 Å². The van der Waals surface area contributed by atoms with Gasteiger partial charge in [-0.3, -0.25) is 4.90 Å². The zero-order chi connectivity index (χ0) is 18.2. The predicted molar refractivity (Wildman–Crippen MR) is 104 cm³/mol. The van der Waals surface area contributed by atoms with Crippen molar-refractivity contribution in [3.8, 4) is 5.75 Å². The second-order valence-corrected chi connectivity index (χ2v) is 6.68. The summed E-state index contributed by atoms with van der Waals surface area (Å²) < 4.78 is 10.7. The third-order valence-electron chi connectivity index (χ3n) is 4.36. The maximum Gasteiger partial charge on any atom is 0.409 e. The largest absolute Gasteiger partial charge is 0.491 e. The Kier molecular flexibility index (Phi) is 9.76. The molecular weight excluding hydrogens is 356 g/mol. The molecule has 1 amide bonds. The number of β-amino-alcohol motifs (C(OH)–C–C–N with tert-alkyl or cyclic N) is 1. The average Bonchev–Trinajstić information content (AvgIpc) is 2.61. The lowest BCUT2D eigenvalue weighted by molar-refractivity contribution is 0.0407. The minimum atomic E-state index is -0.557. The molecule has 1 aliphatic rings. The highest BCUT2D eigenvalue weighted by molar-refractivity contribution is 5.85. The number of benzene rings is 1. The van der Waals surface area contributed by atoms with Gasteiger partial charge in [0.05, 0.1) is 6.61 Å². The first-order valence-electron chi connectivity index (χ1n) is 9.04. The minimum absolute atomic E-state index is 0. The van der Waals surface area contributed by atoms with Crippen LogP contribution in [0.15, 0.2) is 24.3 Å². The molecule has 0 aromatic heterocycles. The van der Waals surface area contributed by atoms with E-state index in [0.29, 0.717) is 32.2 Å². The van der Waals surface area contributed by atoms with Crippen molar-refractivity contribution in [1.29, 1.82) is 0 Å². The molecular formula is C19H31ClN2O4. The van der Waals surface area contributed by atoms with Gasteiger partial charge in [-0.25, -0.2) is 4.79 Å². The Balaban J connectivity index is 0.00000338. The Morgan fingerprint density at radius 1 is 1.15 bits per heavy atom. The van der Waals surface area contributed by atoms with E-state index < -0.39 is 6.10 Å². The molecule has 148 valence electrons. The van der Waals surface area contributed by atoms with Crippen molar-refractivity contribution in [3.05, 3.63) is 29.8 Å². The van der Waals surface area contributed by atoms with Crippen molar-refractivity contribution in [2.24, 2.45) is 0 Å². The molecule has 1 aromatic rings. The molecule has 0 radical (unpaired) electrons.